The van der Waals surface area contributed by atoms with E-state index >= 15 is 0 Å². The number of hydrogen-bond donors (Lipinski definition) is 2. The van der Waals surface area contributed by atoms with Crippen LogP contribution in [0.3, 0.4) is 0 Å². The number of carbonyl (C=O) groups is 1. The monoisotopic (exact) mass is 338 g/mol. The SMILES string of the molecule is O=C(NCC1CCN(c2ccc(F)cc2)C1)c1n[nH]c2ccccc12. The lowest BCUT2D eigenvalue weighted by molar-refractivity contribution is 0.0945. The molecule has 0 spiro atoms. The summed E-state index contributed by atoms with van der Waals surface area (Å²) in [7, 11) is 0. The van der Waals surface area contributed by atoms with Crippen molar-refractivity contribution in [3.63, 3.8) is 0 Å². The van der Waals surface area contributed by atoms with Crippen molar-refractivity contribution in [3.8, 4) is 0 Å². The average Bonchev–Trinajstić information content (AvgIpc) is 3.27. The fraction of sp³-hybridized carbons (Fsp3) is 0.263. The Bertz CT molecular complexity index is 890. The number of hydrogen-bond acceptors (Lipinski definition) is 3. The summed E-state index contributed by atoms with van der Waals surface area (Å²) < 4.78 is 13.0. The molecule has 0 bridgehead atoms. The number of aromatic nitrogens is 2. The number of benzene rings is 2. The summed E-state index contributed by atoms with van der Waals surface area (Å²) in [4.78, 5) is 14.6. The van der Waals surface area contributed by atoms with Gasteiger partial charge in [-0.15, -0.1) is 0 Å². The second kappa shape index (κ2) is 6.55. The number of carbonyl (C=O) groups excluding carboxylic acids is 1. The summed E-state index contributed by atoms with van der Waals surface area (Å²) >= 11 is 0. The zero-order valence-corrected chi connectivity index (χ0v) is 13.7. The van der Waals surface area contributed by atoms with Crippen LogP contribution in [0.4, 0.5) is 10.1 Å². The Labute approximate surface area is 144 Å². The minimum Gasteiger partial charge on any atom is -0.371 e. The number of nitrogens with zero attached hydrogens (tertiary/aromatic N) is 2. The molecule has 1 aliphatic heterocycles. The number of anilines is 1. The molecule has 128 valence electrons. The van der Waals surface area contributed by atoms with Crippen molar-refractivity contribution in [2.75, 3.05) is 24.5 Å². The average molecular weight is 338 g/mol. The predicted octanol–water partition coefficient (Wildman–Crippen LogP) is 2.96. The number of para-hydroxylation sites is 1. The third-order valence-electron chi connectivity index (χ3n) is 4.71. The summed E-state index contributed by atoms with van der Waals surface area (Å²) in [5.41, 5.74) is 2.31. The molecule has 5 nitrogen and oxygen atoms in total. The van der Waals surface area contributed by atoms with E-state index in [0.717, 1.165) is 36.1 Å². The number of halogens is 1. The van der Waals surface area contributed by atoms with Crippen molar-refractivity contribution in [1.82, 2.24) is 15.5 Å². The molecule has 0 saturated carbocycles. The maximum Gasteiger partial charge on any atom is 0.272 e. The van der Waals surface area contributed by atoms with Crippen LogP contribution < -0.4 is 10.2 Å². The van der Waals surface area contributed by atoms with Gasteiger partial charge in [0.2, 0.25) is 0 Å². The van der Waals surface area contributed by atoms with Gasteiger partial charge in [0.25, 0.3) is 5.91 Å². The van der Waals surface area contributed by atoms with Crippen LogP contribution in [-0.4, -0.2) is 35.7 Å². The molecule has 1 unspecified atom stereocenters. The van der Waals surface area contributed by atoms with Crippen LogP contribution in [0, 0.1) is 11.7 Å². The Hall–Kier alpha value is -2.89. The van der Waals surface area contributed by atoms with E-state index in [9.17, 15) is 9.18 Å². The summed E-state index contributed by atoms with van der Waals surface area (Å²) in [6, 6.07) is 14.1. The van der Waals surface area contributed by atoms with Gasteiger partial charge in [0.05, 0.1) is 5.52 Å². The van der Waals surface area contributed by atoms with E-state index in [2.05, 4.69) is 20.4 Å². The zero-order chi connectivity index (χ0) is 17.2. The third kappa shape index (κ3) is 3.20. The number of fused-ring (bicyclic) bond motifs is 1. The topological polar surface area (TPSA) is 61.0 Å². The van der Waals surface area contributed by atoms with E-state index in [0.29, 0.717) is 18.2 Å². The molecule has 1 atom stereocenters. The minimum absolute atomic E-state index is 0.155. The largest absolute Gasteiger partial charge is 0.371 e. The maximum atomic E-state index is 13.0. The lowest BCUT2D eigenvalue weighted by Gasteiger charge is -2.18. The van der Waals surface area contributed by atoms with Gasteiger partial charge < -0.3 is 10.2 Å². The van der Waals surface area contributed by atoms with Crippen molar-refractivity contribution >= 4 is 22.5 Å². The lowest BCUT2D eigenvalue weighted by Crippen LogP contribution is -2.31. The highest BCUT2D eigenvalue weighted by atomic mass is 19.1. The molecule has 6 heteroatoms. The normalized spacial score (nSPS) is 17.2. The molecule has 1 fully saturated rings. The van der Waals surface area contributed by atoms with E-state index in [4.69, 9.17) is 0 Å². The molecule has 1 aliphatic rings. The van der Waals surface area contributed by atoms with Gasteiger partial charge in [-0.1, -0.05) is 18.2 Å². The molecule has 25 heavy (non-hydrogen) atoms. The Balaban J connectivity index is 1.36. The molecule has 1 saturated heterocycles. The van der Waals surface area contributed by atoms with Gasteiger partial charge >= 0.3 is 0 Å². The van der Waals surface area contributed by atoms with Crippen molar-refractivity contribution in [3.05, 3.63) is 60.0 Å². The number of amides is 1. The second-order valence-electron chi connectivity index (χ2n) is 6.40. The minimum atomic E-state index is -0.224. The molecular formula is C19H19FN4O. The van der Waals surface area contributed by atoms with Gasteiger partial charge in [-0.25, -0.2) is 4.39 Å². The van der Waals surface area contributed by atoms with Crippen molar-refractivity contribution in [1.29, 1.82) is 0 Å². The Morgan fingerprint density at radius 1 is 1.24 bits per heavy atom. The quantitative estimate of drug-likeness (QED) is 0.769. The first-order chi connectivity index (χ1) is 12.2. The van der Waals surface area contributed by atoms with Crippen LogP contribution in [0.25, 0.3) is 10.9 Å². The van der Waals surface area contributed by atoms with Crippen LogP contribution in [0.1, 0.15) is 16.9 Å². The third-order valence-corrected chi connectivity index (χ3v) is 4.71. The van der Waals surface area contributed by atoms with Crippen molar-refractivity contribution < 1.29 is 9.18 Å². The molecular weight excluding hydrogens is 319 g/mol. The van der Waals surface area contributed by atoms with Crippen molar-refractivity contribution in [2.45, 2.75) is 6.42 Å². The van der Waals surface area contributed by atoms with Gasteiger partial charge in [-0.2, -0.15) is 5.10 Å². The Kier molecular flexibility index (Phi) is 4.09. The number of nitrogens with one attached hydrogen (secondary N) is 2. The molecule has 2 N–H and O–H groups in total. The highest BCUT2D eigenvalue weighted by Gasteiger charge is 2.24. The van der Waals surface area contributed by atoms with Gasteiger partial charge in [-0.05, 0) is 42.7 Å². The second-order valence-corrected chi connectivity index (χ2v) is 6.40. The summed E-state index contributed by atoms with van der Waals surface area (Å²) in [6.45, 7) is 2.38. The smallest absolute Gasteiger partial charge is 0.272 e. The highest BCUT2D eigenvalue weighted by Crippen LogP contribution is 2.23. The molecule has 2 heterocycles. The van der Waals surface area contributed by atoms with E-state index < -0.39 is 0 Å². The summed E-state index contributed by atoms with van der Waals surface area (Å²) in [5.74, 6) is -0.00474. The van der Waals surface area contributed by atoms with Gasteiger partial charge in [0, 0.05) is 30.7 Å². The van der Waals surface area contributed by atoms with Crippen LogP contribution in [0.15, 0.2) is 48.5 Å². The van der Waals surface area contributed by atoms with Gasteiger partial charge in [-0.3, -0.25) is 9.89 Å². The molecule has 2 aromatic carbocycles. The molecule has 4 rings (SSSR count). The number of rotatable bonds is 4. The number of aromatic amines is 1. The highest BCUT2D eigenvalue weighted by molar-refractivity contribution is 6.04. The van der Waals surface area contributed by atoms with Crippen molar-refractivity contribution in [2.24, 2.45) is 5.92 Å². The fourth-order valence-corrected chi connectivity index (χ4v) is 3.34. The van der Waals surface area contributed by atoms with Gasteiger partial charge in [0.15, 0.2) is 5.69 Å². The molecule has 1 amide bonds. The molecule has 1 aromatic heterocycles. The molecule has 3 aromatic rings. The number of H-pyrrole nitrogens is 1. The van der Waals surface area contributed by atoms with E-state index in [1.807, 2.05) is 24.3 Å². The Morgan fingerprint density at radius 3 is 2.88 bits per heavy atom. The van der Waals surface area contributed by atoms with Gasteiger partial charge in [0.1, 0.15) is 5.82 Å². The first kappa shape index (κ1) is 15.6. The van der Waals surface area contributed by atoms with Crippen LogP contribution in [0.5, 0.6) is 0 Å². The summed E-state index contributed by atoms with van der Waals surface area (Å²) in [5, 5.41) is 10.8. The van der Waals surface area contributed by atoms with E-state index in [1.165, 1.54) is 12.1 Å². The van der Waals surface area contributed by atoms with Crippen LogP contribution >= 0.6 is 0 Å². The lowest BCUT2D eigenvalue weighted by atomic mass is 10.1. The van der Waals surface area contributed by atoms with E-state index in [1.54, 1.807) is 12.1 Å². The predicted molar refractivity (Wildman–Crippen MR) is 95.1 cm³/mol. The standard InChI is InChI=1S/C19H19FN4O/c20-14-5-7-15(8-6-14)24-10-9-13(12-24)11-21-19(25)18-16-3-1-2-4-17(16)22-23-18/h1-8,13H,9-12H2,(H,21,25)(H,22,23). The molecule has 0 aliphatic carbocycles. The van der Waals surface area contributed by atoms with E-state index in [-0.39, 0.29) is 11.7 Å². The first-order valence-electron chi connectivity index (χ1n) is 8.42. The van der Waals surface area contributed by atoms with Crippen LogP contribution in [0.2, 0.25) is 0 Å². The Morgan fingerprint density at radius 2 is 2.04 bits per heavy atom. The molecule has 0 radical (unpaired) electrons. The maximum absolute atomic E-state index is 13.0. The fourth-order valence-electron chi connectivity index (χ4n) is 3.34. The summed E-state index contributed by atoms with van der Waals surface area (Å²) in [6.07, 6.45) is 0.999. The zero-order valence-electron chi connectivity index (χ0n) is 13.7. The van der Waals surface area contributed by atoms with Crippen LogP contribution in [-0.2, 0) is 0 Å². The first-order valence-corrected chi connectivity index (χ1v) is 8.42.